The third-order valence-electron chi connectivity index (χ3n) is 5.39. The Morgan fingerprint density at radius 3 is 2.14 bits per heavy atom. The maximum atomic E-state index is 12.3. The smallest absolute Gasteiger partial charge is 0.325 e. The standard InChI is InChI=1S/C21H31N3O4/c1-16(2)28-18-7-5-17(6-8-18)20(21(26)27)24-13-11-22(12-14-24)15-19(25)23-9-3-4-10-23/h5-8,16,20H,3-4,9-15H2,1-2H3,(H,26,27)/t20-/m1/s1. The van der Waals surface area contributed by atoms with Crippen LogP contribution in [0.3, 0.4) is 0 Å². The molecule has 28 heavy (non-hydrogen) atoms. The largest absolute Gasteiger partial charge is 0.491 e. The van der Waals surface area contributed by atoms with E-state index in [4.69, 9.17) is 4.74 Å². The Balaban J connectivity index is 1.57. The molecule has 0 unspecified atom stereocenters. The van der Waals surface area contributed by atoms with Gasteiger partial charge < -0.3 is 14.7 Å². The molecule has 1 aromatic rings. The Labute approximate surface area is 166 Å². The summed E-state index contributed by atoms with van der Waals surface area (Å²) >= 11 is 0. The van der Waals surface area contributed by atoms with Crippen LogP contribution in [-0.2, 0) is 9.59 Å². The fourth-order valence-electron chi connectivity index (χ4n) is 3.95. The van der Waals surface area contributed by atoms with Gasteiger partial charge in [-0.05, 0) is 44.4 Å². The summed E-state index contributed by atoms with van der Waals surface area (Å²) in [5.74, 6) is 0.0914. The minimum atomic E-state index is -0.848. The number of benzene rings is 1. The molecule has 0 aromatic heterocycles. The monoisotopic (exact) mass is 389 g/mol. The van der Waals surface area contributed by atoms with Gasteiger partial charge >= 0.3 is 5.97 Å². The normalized spacial score (nSPS) is 19.8. The number of ether oxygens (including phenoxy) is 1. The molecule has 0 saturated carbocycles. The van der Waals surface area contributed by atoms with Crippen LogP contribution in [0.15, 0.2) is 24.3 Å². The van der Waals surface area contributed by atoms with E-state index in [9.17, 15) is 14.7 Å². The maximum absolute atomic E-state index is 12.3. The molecule has 0 radical (unpaired) electrons. The fraction of sp³-hybridized carbons (Fsp3) is 0.619. The lowest BCUT2D eigenvalue weighted by Crippen LogP contribution is -2.51. The van der Waals surface area contributed by atoms with E-state index in [0.29, 0.717) is 32.7 Å². The molecule has 7 heteroatoms. The molecule has 2 saturated heterocycles. The number of likely N-dealkylation sites (tertiary alicyclic amines) is 1. The van der Waals surface area contributed by atoms with Gasteiger partial charge in [-0.25, -0.2) is 0 Å². The zero-order valence-corrected chi connectivity index (χ0v) is 16.8. The van der Waals surface area contributed by atoms with Crippen LogP contribution in [0.1, 0.15) is 38.3 Å². The second-order valence-corrected chi connectivity index (χ2v) is 7.88. The van der Waals surface area contributed by atoms with E-state index in [0.717, 1.165) is 37.2 Å². The number of rotatable bonds is 7. The van der Waals surface area contributed by atoms with Crippen molar-refractivity contribution in [3.63, 3.8) is 0 Å². The molecule has 7 nitrogen and oxygen atoms in total. The Hall–Kier alpha value is -2.12. The average Bonchev–Trinajstić information content (AvgIpc) is 3.19. The molecule has 1 aromatic carbocycles. The van der Waals surface area contributed by atoms with Crippen molar-refractivity contribution >= 4 is 11.9 Å². The molecule has 0 spiro atoms. The lowest BCUT2D eigenvalue weighted by molar-refractivity contribution is -0.145. The van der Waals surface area contributed by atoms with Crippen LogP contribution < -0.4 is 4.74 Å². The summed E-state index contributed by atoms with van der Waals surface area (Å²) in [6.45, 7) is 8.78. The summed E-state index contributed by atoms with van der Waals surface area (Å²) in [7, 11) is 0. The molecule has 0 bridgehead atoms. The van der Waals surface area contributed by atoms with Crippen LogP contribution in [0.25, 0.3) is 0 Å². The van der Waals surface area contributed by atoms with Gasteiger partial charge in [0.15, 0.2) is 0 Å². The number of carbonyl (C=O) groups excluding carboxylic acids is 1. The number of carboxylic acid groups (broad SMARTS) is 1. The summed E-state index contributed by atoms with van der Waals surface area (Å²) in [5.41, 5.74) is 0.755. The number of hydrogen-bond donors (Lipinski definition) is 1. The number of aliphatic carboxylic acids is 1. The maximum Gasteiger partial charge on any atom is 0.325 e. The van der Waals surface area contributed by atoms with E-state index in [2.05, 4.69) is 4.90 Å². The third-order valence-corrected chi connectivity index (χ3v) is 5.39. The van der Waals surface area contributed by atoms with Gasteiger partial charge in [-0.15, -0.1) is 0 Å². The van der Waals surface area contributed by atoms with Gasteiger partial charge in [-0.2, -0.15) is 0 Å². The Morgan fingerprint density at radius 1 is 1.00 bits per heavy atom. The quantitative estimate of drug-likeness (QED) is 0.767. The summed E-state index contributed by atoms with van der Waals surface area (Å²) < 4.78 is 5.64. The van der Waals surface area contributed by atoms with Crippen molar-refractivity contribution in [1.82, 2.24) is 14.7 Å². The van der Waals surface area contributed by atoms with Crippen LogP contribution in [0.5, 0.6) is 5.75 Å². The van der Waals surface area contributed by atoms with E-state index in [1.165, 1.54) is 0 Å². The summed E-state index contributed by atoms with van der Waals surface area (Å²) in [6, 6.07) is 6.65. The fourth-order valence-corrected chi connectivity index (χ4v) is 3.95. The molecular formula is C21H31N3O4. The predicted octanol–water partition coefficient (Wildman–Crippen LogP) is 1.84. The van der Waals surface area contributed by atoms with Crippen molar-refractivity contribution in [2.24, 2.45) is 0 Å². The highest BCUT2D eigenvalue weighted by atomic mass is 16.5. The summed E-state index contributed by atoms with van der Waals surface area (Å²) in [4.78, 5) is 30.3. The Morgan fingerprint density at radius 2 is 1.61 bits per heavy atom. The number of amides is 1. The number of carboxylic acids is 1. The molecule has 154 valence electrons. The molecule has 3 rings (SSSR count). The Bertz CT molecular complexity index is 663. The average molecular weight is 389 g/mol. The molecular weight excluding hydrogens is 358 g/mol. The van der Waals surface area contributed by atoms with E-state index in [-0.39, 0.29) is 12.0 Å². The minimum absolute atomic E-state index is 0.0810. The van der Waals surface area contributed by atoms with E-state index < -0.39 is 12.0 Å². The molecule has 2 fully saturated rings. The van der Waals surface area contributed by atoms with E-state index >= 15 is 0 Å². The van der Waals surface area contributed by atoms with Crippen LogP contribution in [0.4, 0.5) is 0 Å². The molecule has 1 amide bonds. The van der Waals surface area contributed by atoms with Crippen LogP contribution in [0.2, 0.25) is 0 Å². The summed E-state index contributed by atoms with van der Waals surface area (Å²) in [5, 5.41) is 9.80. The van der Waals surface area contributed by atoms with Crippen LogP contribution in [-0.4, -0.2) is 83.6 Å². The van der Waals surface area contributed by atoms with Crippen molar-refractivity contribution < 1.29 is 19.4 Å². The topological polar surface area (TPSA) is 73.3 Å². The highest BCUT2D eigenvalue weighted by Gasteiger charge is 2.31. The van der Waals surface area contributed by atoms with Gasteiger partial charge in [-0.3, -0.25) is 19.4 Å². The van der Waals surface area contributed by atoms with Crippen LogP contribution >= 0.6 is 0 Å². The van der Waals surface area contributed by atoms with Gasteiger partial charge in [0.05, 0.1) is 12.6 Å². The van der Waals surface area contributed by atoms with Crippen molar-refractivity contribution in [2.45, 2.75) is 38.8 Å². The zero-order valence-electron chi connectivity index (χ0n) is 16.8. The van der Waals surface area contributed by atoms with Gasteiger partial charge in [0.1, 0.15) is 11.8 Å². The number of carbonyl (C=O) groups is 2. The van der Waals surface area contributed by atoms with E-state index in [1.54, 1.807) is 0 Å². The molecule has 2 heterocycles. The minimum Gasteiger partial charge on any atom is -0.491 e. The molecule has 1 N–H and O–H groups in total. The zero-order chi connectivity index (χ0) is 20.1. The van der Waals surface area contributed by atoms with Gasteiger partial charge in [0.2, 0.25) is 5.91 Å². The lowest BCUT2D eigenvalue weighted by atomic mass is 10.0. The molecule has 2 aliphatic rings. The second kappa shape index (κ2) is 9.39. The number of hydrogen-bond acceptors (Lipinski definition) is 5. The number of nitrogens with zero attached hydrogens (tertiary/aromatic N) is 3. The lowest BCUT2D eigenvalue weighted by Gasteiger charge is -2.38. The predicted molar refractivity (Wildman–Crippen MR) is 106 cm³/mol. The first-order valence-corrected chi connectivity index (χ1v) is 10.2. The Kier molecular flexibility index (Phi) is 6.91. The van der Waals surface area contributed by atoms with Gasteiger partial charge in [0, 0.05) is 39.3 Å². The molecule has 0 aliphatic carbocycles. The van der Waals surface area contributed by atoms with Crippen molar-refractivity contribution in [1.29, 1.82) is 0 Å². The second-order valence-electron chi connectivity index (χ2n) is 7.88. The molecule has 1 atom stereocenters. The van der Waals surface area contributed by atoms with Crippen molar-refractivity contribution in [2.75, 3.05) is 45.8 Å². The SMILES string of the molecule is CC(C)Oc1ccc([C@H](C(=O)O)N2CCN(CC(=O)N3CCCC3)CC2)cc1. The van der Waals surface area contributed by atoms with Crippen LogP contribution in [0, 0.1) is 0 Å². The first-order chi connectivity index (χ1) is 13.4. The third kappa shape index (κ3) is 5.23. The molecule has 2 aliphatic heterocycles. The van der Waals surface area contributed by atoms with Gasteiger partial charge in [0.25, 0.3) is 0 Å². The highest BCUT2D eigenvalue weighted by molar-refractivity contribution is 5.78. The number of piperazine rings is 1. The first kappa shape index (κ1) is 20.6. The van der Waals surface area contributed by atoms with Crippen molar-refractivity contribution in [3.8, 4) is 5.75 Å². The van der Waals surface area contributed by atoms with Gasteiger partial charge in [-0.1, -0.05) is 12.1 Å². The summed E-state index contributed by atoms with van der Waals surface area (Å²) in [6.07, 6.45) is 2.28. The van der Waals surface area contributed by atoms with E-state index in [1.807, 2.05) is 47.9 Å². The first-order valence-electron chi connectivity index (χ1n) is 10.2. The highest BCUT2D eigenvalue weighted by Crippen LogP contribution is 2.25. The van der Waals surface area contributed by atoms with Crippen molar-refractivity contribution in [3.05, 3.63) is 29.8 Å².